The minimum Gasteiger partial charge on any atom is -0.303 e. The molecule has 0 spiro atoms. The molecule has 1 amide bonds. The molecule has 0 fully saturated rings. The molecular weight excluding hydrogens is 233 g/mol. The van der Waals surface area contributed by atoms with E-state index >= 15 is 0 Å². The van der Waals surface area contributed by atoms with Crippen molar-refractivity contribution < 1.29 is 13.8 Å². The number of benzene rings is 1. The van der Waals surface area contributed by atoms with Gasteiger partial charge in [0.2, 0.25) is 0 Å². The molecule has 1 aromatic carbocycles. The number of imidazole rings is 1. The van der Waals surface area contributed by atoms with Crippen LogP contribution in [-0.2, 0) is 13.6 Å². The Kier molecular flexibility index (Phi) is 3.41. The molecule has 1 heterocycles. The Morgan fingerprint density at radius 3 is 2.61 bits per heavy atom. The van der Waals surface area contributed by atoms with E-state index < -0.39 is 0 Å². The molecule has 1 aromatic heterocycles. The van der Waals surface area contributed by atoms with Crippen LogP contribution in [0.3, 0.4) is 0 Å². The summed E-state index contributed by atoms with van der Waals surface area (Å²) in [6.07, 6.45) is 5.19. The molecule has 0 bridgehead atoms. The molecule has 0 atom stereocenters. The maximum Gasteiger partial charge on any atom is 0.415 e. The van der Waals surface area contributed by atoms with Crippen molar-refractivity contribution in [2.24, 2.45) is 7.05 Å². The summed E-state index contributed by atoms with van der Waals surface area (Å²) in [6, 6.07) is 6.01. The number of carbonyl (C=O) groups excluding carboxylic acids is 1. The third-order valence-electron chi connectivity index (χ3n) is 2.65. The van der Waals surface area contributed by atoms with Gasteiger partial charge in [0.1, 0.15) is 18.2 Å². The van der Waals surface area contributed by atoms with Crippen LogP contribution in [0.25, 0.3) is 0 Å². The fourth-order valence-electron chi connectivity index (χ4n) is 1.69. The van der Waals surface area contributed by atoms with E-state index in [0.29, 0.717) is 6.54 Å². The molecule has 0 aliphatic heterocycles. The molecule has 0 radical (unpaired) electrons. The van der Waals surface area contributed by atoms with Crippen molar-refractivity contribution in [3.05, 3.63) is 54.4 Å². The molecule has 0 aliphatic rings. The average Bonchev–Trinajstić information content (AvgIpc) is 2.78. The Bertz CT molecular complexity index is 548. The largest absolute Gasteiger partial charge is 0.415 e. The van der Waals surface area contributed by atoms with E-state index in [0.717, 1.165) is 5.56 Å². The second kappa shape index (κ2) is 5.00. The molecule has 0 saturated carbocycles. The zero-order chi connectivity index (χ0) is 13.1. The highest BCUT2D eigenvalue weighted by molar-refractivity contribution is 5.76. The fraction of sp³-hybridized carbons (Fsp3) is 0.231. The summed E-state index contributed by atoms with van der Waals surface area (Å²) < 4.78 is 16.1. The van der Waals surface area contributed by atoms with Crippen molar-refractivity contribution in [1.29, 1.82) is 0 Å². The molecule has 0 saturated heterocycles. The average molecular weight is 248 g/mol. The number of carbonyl (C=O) groups is 1. The number of hydrogen-bond donors (Lipinski definition) is 0. The molecule has 5 heteroatoms. The van der Waals surface area contributed by atoms with Gasteiger partial charge in [-0.25, -0.2) is 13.8 Å². The lowest BCUT2D eigenvalue weighted by Gasteiger charge is -2.13. The van der Waals surface area contributed by atoms with Crippen LogP contribution in [0.5, 0.6) is 0 Å². The molecule has 0 unspecified atom stereocenters. The number of rotatable bonds is 2. The first-order chi connectivity index (χ1) is 8.56. The highest BCUT2D eigenvalue weighted by Crippen LogP contribution is 2.06. The van der Waals surface area contributed by atoms with E-state index in [4.69, 9.17) is 0 Å². The number of aryl methyl sites for hydroxylation is 1. The van der Waals surface area contributed by atoms with Gasteiger partial charge in [-0.2, -0.15) is 4.57 Å². The lowest BCUT2D eigenvalue weighted by Crippen LogP contribution is -2.32. The Morgan fingerprint density at radius 2 is 2.06 bits per heavy atom. The third-order valence-corrected chi connectivity index (χ3v) is 2.65. The van der Waals surface area contributed by atoms with Crippen LogP contribution in [0.4, 0.5) is 9.18 Å². The first-order valence-electron chi connectivity index (χ1n) is 5.59. The summed E-state index contributed by atoms with van der Waals surface area (Å²) in [5, 5.41) is 0. The summed E-state index contributed by atoms with van der Waals surface area (Å²) in [5.74, 6) is -0.273. The van der Waals surface area contributed by atoms with Crippen molar-refractivity contribution in [3.63, 3.8) is 0 Å². The molecule has 0 aliphatic carbocycles. The van der Waals surface area contributed by atoms with Crippen LogP contribution in [-0.4, -0.2) is 22.5 Å². The first-order valence-corrected chi connectivity index (χ1v) is 5.59. The Balaban J connectivity index is 2.05. The van der Waals surface area contributed by atoms with Crippen molar-refractivity contribution in [2.45, 2.75) is 6.54 Å². The van der Waals surface area contributed by atoms with Gasteiger partial charge in [-0.1, -0.05) is 12.1 Å². The number of nitrogens with zero attached hydrogens (tertiary/aromatic N) is 3. The van der Waals surface area contributed by atoms with Gasteiger partial charge in [-0.15, -0.1) is 0 Å². The van der Waals surface area contributed by atoms with Gasteiger partial charge in [-0.3, -0.25) is 0 Å². The third kappa shape index (κ3) is 2.74. The van der Waals surface area contributed by atoms with E-state index in [1.165, 1.54) is 16.7 Å². The predicted molar refractivity (Wildman–Crippen MR) is 64.3 cm³/mol. The highest BCUT2D eigenvalue weighted by atomic mass is 19.1. The molecule has 18 heavy (non-hydrogen) atoms. The SMILES string of the molecule is CN(Cc1ccc(F)cc1)C(=O)n1cc[n+](C)c1. The maximum absolute atomic E-state index is 12.8. The number of amides is 1. The fourth-order valence-corrected chi connectivity index (χ4v) is 1.69. The normalized spacial score (nSPS) is 10.4. The molecule has 4 nitrogen and oxygen atoms in total. The second-order valence-electron chi connectivity index (χ2n) is 4.25. The van der Waals surface area contributed by atoms with Crippen LogP contribution in [0.2, 0.25) is 0 Å². The molecule has 2 aromatic rings. The smallest absolute Gasteiger partial charge is 0.303 e. The standard InChI is InChI=1S/C13H15FN3O/c1-15-7-8-17(10-15)13(18)16(2)9-11-3-5-12(14)6-4-11/h3-8,10H,9H2,1-2H3/q+1. The van der Waals surface area contributed by atoms with Crippen molar-refractivity contribution in [1.82, 2.24) is 9.47 Å². The summed E-state index contributed by atoms with van der Waals surface area (Å²) in [4.78, 5) is 13.6. The van der Waals surface area contributed by atoms with Crippen LogP contribution in [0.15, 0.2) is 43.0 Å². The number of aromatic nitrogens is 2. The molecule has 2 rings (SSSR count). The zero-order valence-corrected chi connectivity index (χ0v) is 10.4. The van der Waals surface area contributed by atoms with Crippen LogP contribution in [0, 0.1) is 5.82 Å². The van der Waals surface area contributed by atoms with Crippen LogP contribution < -0.4 is 4.57 Å². The second-order valence-corrected chi connectivity index (χ2v) is 4.25. The van der Waals surface area contributed by atoms with Gasteiger partial charge in [0.15, 0.2) is 0 Å². The van der Waals surface area contributed by atoms with Crippen LogP contribution in [0.1, 0.15) is 5.56 Å². The van der Waals surface area contributed by atoms with Gasteiger partial charge in [0, 0.05) is 13.6 Å². The highest BCUT2D eigenvalue weighted by Gasteiger charge is 2.16. The van der Waals surface area contributed by atoms with Gasteiger partial charge in [0.25, 0.3) is 6.33 Å². The van der Waals surface area contributed by atoms with Crippen molar-refractivity contribution >= 4 is 6.03 Å². The van der Waals surface area contributed by atoms with E-state index in [2.05, 4.69) is 0 Å². The number of halogens is 1. The van der Waals surface area contributed by atoms with Gasteiger partial charge < -0.3 is 4.90 Å². The monoisotopic (exact) mass is 248 g/mol. The molecular formula is C13H15FN3O+. The van der Waals surface area contributed by atoms with Gasteiger partial charge in [0.05, 0.1) is 7.05 Å². The minimum absolute atomic E-state index is 0.125. The van der Waals surface area contributed by atoms with Crippen molar-refractivity contribution in [3.8, 4) is 0 Å². The minimum atomic E-state index is -0.273. The maximum atomic E-state index is 12.8. The summed E-state index contributed by atoms with van der Waals surface area (Å²) in [5.41, 5.74) is 0.892. The summed E-state index contributed by atoms with van der Waals surface area (Å²) in [6.45, 7) is 0.445. The Morgan fingerprint density at radius 1 is 1.39 bits per heavy atom. The Hall–Kier alpha value is -2.17. The molecule has 0 N–H and O–H groups in total. The van der Waals surface area contributed by atoms with E-state index in [-0.39, 0.29) is 11.8 Å². The topological polar surface area (TPSA) is 29.1 Å². The molecule has 94 valence electrons. The van der Waals surface area contributed by atoms with E-state index in [1.807, 2.05) is 7.05 Å². The van der Waals surface area contributed by atoms with Gasteiger partial charge >= 0.3 is 6.03 Å². The lowest BCUT2D eigenvalue weighted by molar-refractivity contribution is -0.670. The van der Waals surface area contributed by atoms with E-state index in [1.54, 1.807) is 47.4 Å². The zero-order valence-electron chi connectivity index (χ0n) is 10.4. The predicted octanol–water partition coefficient (Wildman–Crippen LogP) is 1.55. The van der Waals surface area contributed by atoms with Crippen LogP contribution >= 0.6 is 0 Å². The van der Waals surface area contributed by atoms with Gasteiger partial charge in [-0.05, 0) is 17.7 Å². The summed E-state index contributed by atoms with van der Waals surface area (Å²) >= 11 is 0. The number of hydrogen-bond acceptors (Lipinski definition) is 1. The quantitative estimate of drug-likeness (QED) is 0.741. The summed E-state index contributed by atoms with van der Waals surface area (Å²) in [7, 11) is 3.56. The first kappa shape index (κ1) is 12.3. The lowest BCUT2D eigenvalue weighted by atomic mass is 10.2. The van der Waals surface area contributed by atoms with Crippen molar-refractivity contribution in [2.75, 3.05) is 7.05 Å². The van der Waals surface area contributed by atoms with E-state index in [9.17, 15) is 9.18 Å². The Labute approximate surface area is 105 Å².